The SMILES string of the molecule is CC(C)Cn1c(N)c(NC2CCC2)c(=O)n(C)c1=O. The van der Waals surface area contributed by atoms with Crippen LogP contribution >= 0.6 is 0 Å². The third-order valence-corrected chi connectivity index (χ3v) is 3.58. The summed E-state index contributed by atoms with van der Waals surface area (Å²) in [6.45, 7) is 4.53. The fourth-order valence-corrected chi connectivity index (χ4v) is 2.22. The van der Waals surface area contributed by atoms with E-state index in [0.29, 0.717) is 18.3 Å². The summed E-state index contributed by atoms with van der Waals surface area (Å²) < 4.78 is 2.60. The summed E-state index contributed by atoms with van der Waals surface area (Å²) in [4.78, 5) is 24.2. The minimum Gasteiger partial charge on any atom is -0.383 e. The van der Waals surface area contributed by atoms with Gasteiger partial charge in [0.1, 0.15) is 11.5 Å². The molecule has 19 heavy (non-hydrogen) atoms. The quantitative estimate of drug-likeness (QED) is 0.842. The zero-order valence-corrected chi connectivity index (χ0v) is 11.8. The number of nitrogens with zero attached hydrogens (tertiary/aromatic N) is 2. The van der Waals surface area contributed by atoms with Crippen molar-refractivity contribution >= 4 is 11.5 Å². The third kappa shape index (κ3) is 2.52. The van der Waals surface area contributed by atoms with Crippen LogP contribution in [0.5, 0.6) is 0 Å². The lowest BCUT2D eigenvalue weighted by molar-refractivity contribution is 0.443. The summed E-state index contributed by atoms with van der Waals surface area (Å²) >= 11 is 0. The number of anilines is 2. The molecular weight excluding hydrogens is 244 g/mol. The maximum absolute atomic E-state index is 12.1. The van der Waals surface area contributed by atoms with Crippen LogP contribution in [0.25, 0.3) is 0 Å². The van der Waals surface area contributed by atoms with Crippen molar-refractivity contribution in [3.8, 4) is 0 Å². The van der Waals surface area contributed by atoms with Gasteiger partial charge in [-0.15, -0.1) is 0 Å². The van der Waals surface area contributed by atoms with Crippen LogP contribution in [-0.4, -0.2) is 15.2 Å². The van der Waals surface area contributed by atoms with Gasteiger partial charge >= 0.3 is 5.69 Å². The summed E-state index contributed by atoms with van der Waals surface area (Å²) in [5.74, 6) is 0.544. The van der Waals surface area contributed by atoms with Crippen LogP contribution in [0.3, 0.4) is 0 Å². The van der Waals surface area contributed by atoms with E-state index in [4.69, 9.17) is 5.73 Å². The Morgan fingerprint density at radius 3 is 2.47 bits per heavy atom. The monoisotopic (exact) mass is 266 g/mol. The van der Waals surface area contributed by atoms with Gasteiger partial charge in [0, 0.05) is 19.6 Å². The van der Waals surface area contributed by atoms with Crippen LogP contribution in [0.15, 0.2) is 9.59 Å². The van der Waals surface area contributed by atoms with E-state index < -0.39 is 0 Å². The first-order valence-electron chi connectivity index (χ1n) is 6.77. The fourth-order valence-electron chi connectivity index (χ4n) is 2.22. The number of nitrogens with two attached hydrogens (primary N) is 1. The van der Waals surface area contributed by atoms with Crippen LogP contribution in [0, 0.1) is 5.92 Å². The van der Waals surface area contributed by atoms with Crippen molar-refractivity contribution in [1.82, 2.24) is 9.13 Å². The van der Waals surface area contributed by atoms with E-state index in [2.05, 4.69) is 5.32 Å². The second-order valence-electron chi connectivity index (χ2n) is 5.68. The van der Waals surface area contributed by atoms with E-state index in [1.165, 1.54) is 18.0 Å². The summed E-state index contributed by atoms with van der Waals surface area (Å²) in [7, 11) is 1.49. The molecule has 1 aliphatic carbocycles. The lowest BCUT2D eigenvalue weighted by atomic mass is 9.93. The van der Waals surface area contributed by atoms with Crippen molar-refractivity contribution < 1.29 is 0 Å². The highest BCUT2D eigenvalue weighted by Crippen LogP contribution is 2.24. The smallest absolute Gasteiger partial charge is 0.332 e. The van der Waals surface area contributed by atoms with E-state index >= 15 is 0 Å². The van der Waals surface area contributed by atoms with E-state index in [1.807, 2.05) is 13.8 Å². The molecule has 0 saturated heterocycles. The van der Waals surface area contributed by atoms with Crippen molar-refractivity contribution in [2.24, 2.45) is 13.0 Å². The zero-order chi connectivity index (χ0) is 14.2. The number of rotatable bonds is 4. The van der Waals surface area contributed by atoms with E-state index in [9.17, 15) is 9.59 Å². The Balaban J connectivity index is 2.49. The molecule has 0 radical (unpaired) electrons. The molecule has 0 amide bonds. The molecule has 1 aliphatic rings. The Hall–Kier alpha value is -1.72. The first-order valence-corrected chi connectivity index (χ1v) is 6.77. The highest BCUT2D eigenvalue weighted by Gasteiger charge is 2.22. The topological polar surface area (TPSA) is 82.0 Å². The lowest BCUT2D eigenvalue weighted by Gasteiger charge is -2.28. The van der Waals surface area contributed by atoms with Gasteiger partial charge in [0.15, 0.2) is 0 Å². The first kappa shape index (κ1) is 13.7. The van der Waals surface area contributed by atoms with Crippen LogP contribution in [0.1, 0.15) is 33.1 Å². The second kappa shape index (κ2) is 5.11. The molecule has 0 spiro atoms. The molecule has 0 aliphatic heterocycles. The van der Waals surface area contributed by atoms with Gasteiger partial charge in [-0.05, 0) is 25.2 Å². The Labute approximate surface area is 112 Å². The van der Waals surface area contributed by atoms with Crippen LogP contribution < -0.4 is 22.3 Å². The maximum atomic E-state index is 12.1. The molecule has 1 aromatic rings. The Kier molecular flexibility index (Phi) is 3.68. The van der Waals surface area contributed by atoms with Gasteiger partial charge in [0.05, 0.1) is 0 Å². The van der Waals surface area contributed by atoms with Crippen molar-refractivity contribution in [3.63, 3.8) is 0 Å². The molecular formula is C13H22N4O2. The maximum Gasteiger partial charge on any atom is 0.332 e. The second-order valence-corrected chi connectivity index (χ2v) is 5.68. The molecule has 3 N–H and O–H groups in total. The van der Waals surface area contributed by atoms with E-state index in [0.717, 1.165) is 17.4 Å². The van der Waals surface area contributed by atoms with Gasteiger partial charge < -0.3 is 11.1 Å². The van der Waals surface area contributed by atoms with E-state index in [1.54, 1.807) is 0 Å². The normalized spacial score (nSPS) is 15.6. The Bertz CT molecular complexity index is 582. The van der Waals surface area contributed by atoms with Gasteiger partial charge in [-0.2, -0.15) is 0 Å². The van der Waals surface area contributed by atoms with Crippen molar-refractivity contribution in [1.29, 1.82) is 0 Å². The highest BCUT2D eigenvalue weighted by molar-refractivity contribution is 5.61. The summed E-state index contributed by atoms with van der Waals surface area (Å²) in [5, 5.41) is 3.18. The van der Waals surface area contributed by atoms with Gasteiger partial charge in [-0.1, -0.05) is 13.8 Å². The predicted molar refractivity (Wildman–Crippen MR) is 76.5 cm³/mol. The fraction of sp³-hybridized carbons (Fsp3) is 0.692. The molecule has 1 aromatic heterocycles. The van der Waals surface area contributed by atoms with Crippen LogP contribution in [0.4, 0.5) is 11.5 Å². The van der Waals surface area contributed by atoms with E-state index in [-0.39, 0.29) is 23.0 Å². The summed E-state index contributed by atoms with van der Waals surface area (Å²) in [6, 6.07) is 0.306. The number of aromatic nitrogens is 2. The van der Waals surface area contributed by atoms with Gasteiger partial charge in [-0.3, -0.25) is 13.9 Å². The molecule has 1 fully saturated rings. The largest absolute Gasteiger partial charge is 0.383 e. The lowest BCUT2D eigenvalue weighted by Crippen LogP contribution is -2.43. The average molecular weight is 266 g/mol. The zero-order valence-electron chi connectivity index (χ0n) is 11.8. The average Bonchev–Trinajstić information content (AvgIpc) is 2.30. The summed E-state index contributed by atoms with van der Waals surface area (Å²) in [5.41, 5.74) is 5.69. The molecule has 0 aromatic carbocycles. The molecule has 2 rings (SSSR count). The minimum absolute atomic E-state index is 0.258. The Morgan fingerprint density at radius 2 is 2.00 bits per heavy atom. The molecule has 6 nitrogen and oxygen atoms in total. The molecule has 1 saturated carbocycles. The number of hydrogen-bond acceptors (Lipinski definition) is 4. The minimum atomic E-state index is -0.352. The Morgan fingerprint density at radius 1 is 1.37 bits per heavy atom. The molecule has 0 unspecified atom stereocenters. The molecule has 0 bridgehead atoms. The molecule has 0 atom stereocenters. The van der Waals surface area contributed by atoms with Crippen molar-refractivity contribution in [3.05, 3.63) is 20.8 Å². The highest BCUT2D eigenvalue weighted by atomic mass is 16.2. The van der Waals surface area contributed by atoms with Crippen LogP contribution in [0.2, 0.25) is 0 Å². The number of nitrogen functional groups attached to an aromatic ring is 1. The van der Waals surface area contributed by atoms with Crippen LogP contribution in [-0.2, 0) is 13.6 Å². The predicted octanol–water partition coefficient (Wildman–Crippen LogP) is 0.750. The summed E-state index contributed by atoms with van der Waals surface area (Å²) in [6.07, 6.45) is 3.27. The van der Waals surface area contributed by atoms with Crippen molar-refractivity contribution in [2.75, 3.05) is 11.1 Å². The van der Waals surface area contributed by atoms with Gasteiger partial charge in [-0.25, -0.2) is 4.79 Å². The number of hydrogen-bond donors (Lipinski definition) is 2. The first-order chi connectivity index (χ1) is 8.91. The molecule has 1 heterocycles. The van der Waals surface area contributed by atoms with Crippen molar-refractivity contribution in [2.45, 2.75) is 45.7 Å². The van der Waals surface area contributed by atoms with Gasteiger partial charge in [0.2, 0.25) is 0 Å². The molecule has 6 heteroatoms. The number of nitrogens with one attached hydrogen (secondary N) is 1. The molecule has 106 valence electrons. The third-order valence-electron chi connectivity index (χ3n) is 3.58. The van der Waals surface area contributed by atoms with Gasteiger partial charge in [0.25, 0.3) is 5.56 Å². The standard InChI is InChI=1S/C13H22N4O2/c1-8(2)7-17-11(14)10(15-9-5-4-6-9)12(18)16(3)13(17)19/h8-9,15H,4-7,14H2,1-3H3.